The summed E-state index contributed by atoms with van der Waals surface area (Å²) in [6.07, 6.45) is 2.66. The van der Waals surface area contributed by atoms with Crippen molar-refractivity contribution in [2.45, 2.75) is 45.4 Å². The normalized spacial score (nSPS) is 18.2. The van der Waals surface area contributed by atoms with E-state index in [2.05, 4.69) is 41.3 Å². The minimum atomic E-state index is 0. The van der Waals surface area contributed by atoms with Crippen LogP contribution in [-0.2, 0) is 13.6 Å². The predicted octanol–water partition coefficient (Wildman–Crippen LogP) is 2.61. The first-order valence-corrected chi connectivity index (χ1v) is 8.79. The number of aromatic nitrogens is 2. The fraction of sp³-hybridized carbons (Fsp3) is 0.733. The molecule has 1 unspecified atom stereocenters. The molecule has 22 heavy (non-hydrogen) atoms. The lowest BCUT2D eigenvalue weighted by molar-refractivity contribution is 0.725. The van der Waals surface area contributed by atoms with Crippen LogP contribution in [0.3, 0.4) is 0 Å². The van der Waals surface area contributed by atoms with Gasteiger partial charge < -0.3 is 10.6 Å². The fourth-order valence-corrected chi connectivity index (χ4v) is 3.76. The molecule has 2 N–H and O–H groups in total. The molecule has 1 aromatic heterocycles. The molecular weight excluding hydrogens is 409 g/mol. The van der Waals surface area contributed by atoms with Crippen LogP contribution >= 0.6 is 35.7 Å². The van der Waals surface area contributed by atoms with Gasteiger partial charge in [-0.25, -0.2) is 4.99 Å². The van der Waals surface area contributed by atoms with Gasteiger partial charge in [-0.3, -0.25) is 4.68 Å². The Bertz CT molecular complexity index is 494. The van der Waals surface area contributed by atoms with E-state index in [9.17, 15) is 0 Å². The minimum absolute atomic E-state index is 0. The Morgan fingerprint density at radius 1 is 1.41 bits per heavy atom. The molecule has 0 spiro atoms. The Kier molecular flexibility index (Phi) is 8.59. The molecule has 0 radical (unpaired) electrons. The number of nitrogens with one attached hydrogen (secondary N) is 2. The summed E-state index contributed by atoms with van der Waals surface area (Å²) in [6, 6.07) is 0. The molecule has 0 aliphatic carbocycles. The van der Waals surface area contributed by atoms with Gasteiger partial charge in [0.1, 0.15) is 0 Å². The van der Waals surface area contributed by atoms with E-state index in [0.29, 0.717) is 6.54 Å². The number of nitrogens with zero attached hydrogens (tertiary/aromatic N) is 3. The van der Waals surface area contributed by atoms with Crippen molar-refractivity contribution in [1.82, 2.24) is 20.4 Å². The van der Waals surface area contributed by atoms with Crippen LogP contribution in [0.5, 0.6) is 0 Å². The predicted molar refractivity (Wildman–Crippen MR) is 106 cm³/mol. The van der Waals surface area contributed by atoms with Crippen LogP contribution in [0.25, 0.3) is 0 Å². The lowest BCUT2D eigenvalue weighted by atomic mass is 10.2. The molecule has 126 valence electrons. The van der Waals surface area contributed by atoms with E-state index in [4.69, 9.17) is 4.99 Å². The number of thioether (sulfide) groups is 1. The highest BCUT2D eigenvalue weighted by Crippen LogP contribution is 2.25. The Morgan fingerprint density at radius 3 is 2.73 bits per heavy atom. The average Bonchev–Trinajstić information content (AvgIpc) is 3.04. The Balaban J connectivity index is 0.00000242. The van der Waals surface area contributed by atoms with E-state index in [-0.39, 0.29) is 24.0 Å². The number of guanidine groups is 1. The van der Waals surface area contributed by atoms with Crippen molar-refractivity contribution in [2.24, 2.45) is 12.0 Å². The van der Waals surface area contributed by atoms with Crippen molar-refractivity contribution in [1.29, 1.82) is 0 Å². The summed E-state index contributed by atoms with van der Waals surface area (Å²) >= 11 is 2.07. The second kappa shape index (κ2) is 9.64. The van der Waals surface area contributed by atoms with Crippen molar-refractivity contribution in [3.8, 4) is 0 Å². The van der Waals surface area contributed by atoms with Crippen LogP contribution in [0.1, 0.15) is 36.7 Å². The Morgan fingerprint density at radius 2 is 2.18 bits per heavy atom. The van der Waals surface area contributed by atoms with Crippen molar-refractivity contribution in [2.75, 3.05) is 18.8 Å². The highest BCUT2D eigenvalue weighted by atomic mass is 127. The maximum absolute atomic E-state index is 4.71. The van der Waals surface area contributed by atoms with Crippen LogP contribution in [0.2, 0.25) is 0 Å². The van der Waals surface area contributed by atoms with Gasteiger partial charge in [-0.2, -0.15) is 16.9 Å². The molecule has 2 heterocycles. The van der Waals surface area contributed by atoms with Gasteiger partial charge in [0, 0.05) is 36.6 Å². The van der Waals surface area contributed by atoms with Crippen LogP contribution in [-0.4, -0.2) is 39.8 Å². The second-order valence-corrected chi connectivity index (χ2v) is 6.89. The maximum Gasteiger partial charge on any atom is 0.191 e. The van der Waals surface area contributed by atoms with E-state index in [1.54, 1.807) is 0 Å². The molecular formula is C15H28IN5S. The number of hydrogen-bond acceptors (Lipinski definition) is 3. The summed E-state index contributed by atoms with van der Waals surface area (Å²) in [5.74, 6) is 2.21. The zero-order valence-corrected chi connectivity index (χ0v) is 17.1. The van der Waals surface area contributed by atoms with E-state index in [1.165, 1.54) is 29.9 Å². The SMILES string of the molecule is CCNC(=NCc1c(C)nn(C)c1C)NCC1CCCS1.I. The van der Waals surface area contributed by atoms with Crippen LogP contribution < -0.4 is 10.6 Å². The van der Waals surface area contributed by atoms with Gasteiger partial charge in [-0.1, -0.05) is 0 Å². The van der Waals surface area contributed by atoms with E-state index in [0.717, 1.165) is 30.0 Å². The number of rotatable bonds is 5. The lowest BCUT2D eigenvalue weighted by Gasteiger charge is -2.14. The molecule has 1 saturated heterocycles. The second-order valence-electron chi connectivity index (χ2n) is 5.48. The molecule has 7 heteroatoms. The third-order valence-electron chi connectivity index (χ3n) is 3.92. The van der Waals surface area contributed by atoms with E-state index >= 15 is 0 Å². The number of aliphatic imine (C=N–C) groups is 1. The molecule has 1 fully saturated rings. The molecule has 0 aromatic carbocycles. The van der Waals surface area contributed by atoms with Gasteiger partial charge in [0.05, 0.1) is 12.2 Å². The first-order valence-electron chi connectivity index (χ1n) is 7.74. The van der Waals surface area contributed by atoms with Crippen molar-refractivity contribution in [3.63, 3.8) is 0 Å². The quantitative estimate of drug-likeness (QED) is 0.423. The topological polar surface area (TPSA) is 54.2 Å². The summed E-state index contributed by atoms with van der Waals surface area (Å²) in [5, 5.41) is 12.0. The van der Waals surface area contributed by atoms with Gasteiger partial charge in [0.15, 0.2) is 5.96 Å². The zero-order valence-electron chi connectivity index (χ0n) is 14.0. The number of hydrogen-bond donors (Lipinski definition) is 2. The molecule has 2 rings (SSSR count). The molecule has 0 bridgehead atoms. The summed E-state index contributed by atoms with van der Waals surface area (Å²) in [4.78, 5) is 4.71. The van der Waals surface area contributed by atoms with Gasteiger partial charge in [-0.05, 0) is 39.4 Å². The monoisotopic (exact) mass is 437 g/mol. The van der Waals surface area contributed by atoms with Crippen LogP contribution in [0, 0.1) is 13.8 Å². The fourth-order valence-electron chi connectivity index (χ4n) is 2.56. The van der Waals surface area contributed by atoms with Crippen molar-refractivity contribution in [3.05, 3.63) is 17.0 Å². The highest BCUT2D eigenvalue weighted by Gasteiger charge is 2.15. The highest BCUT2D eigenvalue weighted by molar-refractivity contribution is 14.0. The van der Waals surface area contributed by atoms with Gasteiger partial charge in [0.2, 0.25) is 0 Å². The summed E-state index contributed by atoms with van der Waals surface area (Å²) < 4.78 is 1.93. The number of aryl methyl sites for hydroxylation is 2. The minimum Gasteiger partial charge on any atom is -0.357 e. The molecule has 0 saturated carbocycles. The maximum atomic E-state index is 4.71. The molecule has 5 nitrogen and oxygen atoms in total. The average molecular weight is 437 g/mol. The molecule has 1 aliphatic rings. The van der Waals surface area contributed by atoms with Crippen LogP contribution in [0.4, 0.5) is 0 Å². The molecule has 1 aromatic rings. The Labute approximate surface area is 155 Å². The largest absolute Gasteiger partial charge is 0.357 e. The third-order valence-corrected chi connectivity index (χ3v) is 5.32. The summed E-state index contributed by atoms with van der Waals surface area (Å²) in [7, 11) is 1.98. The number of halogens is 1. The smallest absolute Gasteiger partial charge is 0.191 e. The molecule has 1 aliphatic heterocycles. The molecule has 1 atom stereocenters. The van der Waals surface area contributed by atoms with Gasteiger partial charge >= 0.3 is 0 Å². The van der Waals surface area contributed by atoms with Crippen molar-refractivity contribution < 1.29 is 0 Å². The van der Waals surface area contributed by atoms with Gasteiger partial charge in [-0.15, -0.1) is 24.0 Å². The van der Waals surface area contributed by atoms with Crippen LogP contribution in [0.15, 0.2) is 4.99 Å². The molecule has 0 amide bonds. The standard InChI is InChI=1S/C15H27N5S.HI/c1-5-16-15(17-9-13-7-6-8-21-13)18-10-14-11(2)19-20(4)12(14)3;/h13H,5-10H2,1-4H3,(H2,16,17,18);1H. The first kappa shape index (κ1) is 19.6. The lowest BCUT2D eigenvalue weighted by Crippen LogP contribution is -2.40. The van der Waals surface area contributed by atoms with Gasteiger partial charge in [0.25, 0.3) is 0 Å². The van der Waals surface area contributed by atoms with E-state index in [1.807, 2.05) is 18.7 Å². The van der Waals surface area contributed by atoms with E-state index < -0.39 is 0 Å². The van der Waals surface area contributed by atoms with Crippen molar-refractivity contribution >= 4 is 41.7 Å². The summed E-state index contributed by atoms with van der Waals surface area (Å²) in [5.41, 5.74) is 3.49. The zero-order chi connectivity index (χ0) is 15.2. The summed E-state index contributed by atoms with van der Waals surface area (Å²) in [6.45, 7) is 8.81. The first-order chi connectivity index (χ1) is 10.1. The third kappa shape index (κ3) is 5.33. The Hall–Kier alpha value is -0.440.